The second-order valence-corrected chi connectivity index (χ2v) is 5.48. The standard InChI is InChI=1S/C18H24N4.HI/c1-15-8-10-17(11-9-15)21-18(19)20-12-13-22(2)14-16-6-4-3-5-7-16;/h3-11H,12-14H2,1-2H3,(H3,19,20,21);1H. The Labute approximate surface area is 155 Å². The van der Waals surface area contributed by atoms with Crippen LogP contribution in [-0.2, 0) is 6.54 Å². The zero-order valence-electron chi connectivity index (χ0n) is 13.7. The summed E-state index contributed by atoms with van der Waals surface area (Å²) in [6, 6.07) is 18.5. The normalized spacial score (nSPS) is 11.2. The van der Waals surface area contributed by atoms with E-state index in [0.717, 1.165) is 18.8 Å². The first kappa shape index (κ1) is 19.4. The fourth-order valence-corrected chi connectivity index (χ4v) is 2.14. The Morgan fingerprint density at radius 1 is 1.09 bits per heavy atom. The van der Waals surface area contributed by atoms with Gasteiger partial charge in [0.2, 0.25) is 0 Å². The predicted octanol–water partition coefficient (Wildman–Crippen LogP) is 3.47. The molecule has 2 aromatic rings. The number of nitrogens with two attached hydrogens (primary N) is 1. The van der Waals surface area contributed by atoms with Gasteiger partial charge < -0.3 is 16.0 Å². The van der Waals surface area contributed by atoms with E-state index in [1.807, 2.05) is 30.3 Å². The molecule has 2 rings (SSSR count). The van der Waals surface area contributed by atoms with Crippen molar-refractivity contribution in [2.75, 3.05) is 25.5 Å². The van der Waals surface area contributed by atoms with Crippen molar-refractivity contribution >= 4 is 35.6 Å². The maximum Gasteiger partial charge on any atom is 0.193 e. The molecule has 4 nitrogen and oxygen atoms in total. The van der Waals surface area contributed by atoms with E-state index in [9.17, 15) is 0 Å². The Morgan fingerprint density at radius 2 is 1.74 bits per heavy atom. The molecule has 0 saturated heterocycles. The predicted molar refractivity (Wildman–Crippen MR) is 109 cm³/mol. The minimum atomic E-state index is 0. The summed E-state index contributed by atoms with van der Waals surface area (Å²) in [5, 5.41) is 3.10. The highest BCUT2D eigenvalue weighted by Crippen LogP contribution is 2.07. The summed E-state index contributed by atoms with van der Waals surface area (Å²) in [6.45, 7) is 4.52. The van der Waals surface area contributed by atoms with Gasteiger partial charge in [-0.1, -0.05) is 48.0 Å². The first-order valence-corrected chi connectivity index (χ1v) is 7.49. The second kappa shape index (κ2) is 10.2. The molecule has 0 spiro atoms. The van der Waals surface area contributed by atoms with Gasteiger partial charge in [-0.05, 0) is 31.7 Å². The number of guanidine groups is 1. The van der Waals surface area contributed by atoms with Crippen LogP contribution in [0.25, 0.3) is 0 Å². The Bertz CT molecular complexity index is 596. The molecule has 0 aromatic heterocycles. The molecule has 0 saturated carbocycles. The van der Waals surface area contributed by atoms with E-state index >= 15 is 0 Å². The number of likely N-dealkylation sites (N-methyl/N-ethyl adjacent to an activating group) is 1. The van der Waals surface area contributed by atoms with Gasteiger partial charge >= 0.3 is 0 Å². The van der Waals surface area contributed by atoms with Gasteiger partial charge in [0.25, 0.3) is 0 Å². The lowest BCUT2D eigenvalue weighted by Gasteiger charge is -2.15. The van der Waals surface area contributed by atoms with Gasteiger partial charge in [-0.2, -0.15) is 0 Å². The van der Waals surface area contributed by atoms with E-state index in [2.05, 4.69) is 53.4 Å². The first-order chi connectivity index (χ1) is 10.6. The van der Waals surface area contributed by atoms with Crippen LogP contribution in [0.1, 0.15) is 11.1 Å². The summed E-state index contributed by atoms with van der Waals surface area (Å²) >= 11 is 0. The van der Waals surface area contributed by atoms with Gasteiger partial charge in [-0.3, -0.25) is 4.99 Å². The van der Waals surface area contributed by atoms with Crippen LogP contribution < -0.4 is 11.1 Å². The average Bonchev–Trinajstić information content (AvgIpc) is 2.50. The van der Waals surface area contributed by atoms with E-state index in [-0.39, 0.29) is 24.0 Å². The van der Waals surface area contributed by atoms with Gasteiger partial charge in [0.05, 0.1) is 6.54 Å². The quantitative estimate of drug-likeness (QED) is 0.424. The molecule has 0 bridgehead atoms. The van der Waals surface area contributed by atoms with Crippen molar-refractivity contribution < 1.29 is 0 Å². The Hall–Kier alpha value is -1.60. The fourth-order valence-electron chi connectivity index (χ4n) is 2.14. The van der Waals surface area contributed by atoms with Gasteiger partial charge in [0.15, 0.2) is 5.96 Å². The Morgan fingerprint density at radius 3 is 2.39 bits per heavy atom. The SMILES string of the molecule is Cc1ccc(NC(N)=NCCN(C)Cc2ccccc2)cc1.I. The molecular weight excluding hydrogens is 399 g/mol. The van der Waals surface area contributed by atoms with Crippen LogP contribution in [0.2, 0.25) is 0 Å². The number of aliphatic imine (C=N–C) groups is 1. The molecule has 0 radical (unpaired) electrons. The number of rotatable bonds is 6. The van der Waals surface area contributed by atoms with Crippen LogP contribution in [0.5, 0.6) is 0 Å². The minimum Gasteiger partial charge on any atom is -0.370 e. The Balaban J connectivity index is 0.00000264. The van der Waals surface area contributed by atoms with Crippen LogP contribution in [0.3, 0.4) is 0 Å². The molecule has 124 valence electrons. The van der Waals surface area contributed by atoms with Crippen molar-refractivity contribution in [3.05, 3.63) is 65.7 Å². The number of nitrogens with zero attached hydrogens (tertiary/aromatic N) is 2. The van der Waals surface area contributed by atoms with Crippen molar-refractivity contribution in [2.45, 2.75) is 13.5 Å². The summed E-state index contributed by atoms with van der Waals surface area (Å²) in [5.74, 6) is 0.456. The van der Waals surface area contributed by atoms with Crippen LogP contribution in [0.4, 0.5) is 5.69 Å². The zero-order chi connectivity index (χ0) is 15.8. The second-order valence-electron chi connectivity index (χ2n) is 5.48. The average molecular weight is 424 g/mol. The minimum absolute atomic E-state index is 0. The highest BCUT2D eigenvalue weighted by Gasteiger charge is 2.00. The smallest absolute Gasteiger partial charge is 0.193 e. The highest BCUT2D eigenvalue weighted by atomic mass is 127. The number of halogens is 1. The highest BCUT2D eigenvalue weighted by molar-refractivity contribution is 14.0. The first-order valence-electron chi connectivity index (χ1n) is 7.49. The maximum absolute atomic E-state index is 5.90. The van der Waals surface area contributed by atoms with Crippen molar-refractivity contribution in [3.63, 3.8) is 0 Å². The van der Waals surface area contributed by atoms with Crippen molar-refractivity contribution in [1.29, 1.82) is 0 Å². The molecule has 2 aromatic carbocycles. The van der Waals surface area contributed by atoms with Gasteiger partial charge in [0.1, 0.15) is 0 Å². The van der Waals surface area contributed by atoms with Crippen molar-refractivity contribution in [3.8, 4) is 0 Å². The molecule has 23 heavy (non-hydrogen) atoms. The van der Waals surface area contributed by atoms with E-state index in [4.69, 9.17) is 5.73 Å². The molecule has 5 heteroatoms. The number of nitrogens with one attached hydrogen (secondary N) is 1. The van der Waals surface area contributed by atoms with Gasteiger partial charge in [-0.25, -0.2) is 0 Å². The molecule has 0 aliphatic carbocycles. The zero-order valence-corrected chi connectivity index (χ0v) is 16.0. The molecule has 0 atom stereocenters. The lowest BCUT2D eigenvalue weighted by Crippen LogP contribution is -2.26. The molecule has 0 aliphatic heterocycles. The summed E-state index contributed by atoms with van der Waals surface area (Å²) in [5.41, 5.74) is 9.40. The van der Waals surface area contributed by atoms with E-state index in [1.165, 1.54) is 11.1 Å². The third kappa shape index (κ3) is 7.47. The van der Waals surface area contributed by atoms with Gasteiger partial charge in [0, 0.05) is 18.8 Å². The number of hydrogen-bond acceptors (Lipinski definition) is 2. The van der Waals surface area contributed by atoms with Crippen LogP contribution in [0.15, 0.2) is 59.6 Å². The van der Waals surface area contributed by atoms with E-state index in [0.29, 0.717) is 12.5 Å². The topological polar surface area (TPSA) is 53.6 Å². The number of hydrogen-bond donors (Lipinski definition) is 2. The summed E-state index contributed by atoms with van der Waals surface area (Å²) in [7, 11) is 2.09. The van der Waals surface area contributed by atoms with Crippen molar-refractivity contribution in [1.82, 2.24) is 4.90 Å². The lowest BCUT2D eigenvalue weighted by atomic mass is 10.2. The molecule has 0 aliphatic rings. The molecule has 0 amide bonds. The molecule has 0 heterocycles. The fraction of sp³-hybridized carbons (Fsp3) is 0.278. The van der Waals surface area contributed by atoms with E-state index < -0.39 is 0 Å². The largest absolute Gasteiger partial charge is 0.370 e. The van der Waals surface area contributed by atoms with Crippen molar-refractivity contribution in [2.24, 2.45) is 10.7 Å². The molecule has 0 unspecified atom stereocenters. The third-order valence-corrected chi connectivity index (χ3v) is 3.38. The number of anilines is 1. The summed E-state index contributed by atoms with van der Waals surface area (Å²) in [6.07, 6.45) is 0. The van der Waals surface area contributed by atoms with E-state index in [1.54, 1.807) is 0 Å². The monoisotopic (exact) mass is 424 g/mol. The lowest BCUT2D eigenvalue weighted by molar-refractivity contribution is 0.336. The molecule has 3 N–H and O–H groups in total. The van der Waals surface area contributed by atoms with Crippen LogP contribution in [0, 0.1) is 6.92 Å². The third-order valence-electron chi connectivity index (χ3n) is 3.38. The van der Waals surface area contributed by atoms with Crippen LogP contribution >= 0.6 is 24.0 Å². The maximum atomic E-state index is 5.90. The van der Waals surface area contributed by atoms with Crippen LogP contribution in [-0.4, -0.2) is 31.0 Å². The summed E-state index contributed by atoms with van der Waals surface area (Å²) in [4.78, 5) is 6.60. The number of benzene rings is 2. The number of aryl methyl sites for hydroxylation is 1. The summed E-state index contributed by atoms with van der Waals surface area (Å²) < 4.78 is 0. The Kier molecular flexibility index (Phi) is 8.65. The van der Waals surface area contributed by atoms with Gasteiger partial charge in [-0.15, -0.1) is 24.0 Å². The molecular formula is C18H25IN4. The molecule has 0 fully saturated rings.